The Morgan fingerprint density at radius 3 is 2.35 bits per heavy atom. The molecule has 1 saturated carbocycles. The molecule has 0 bridgehead atoms. The van der Waals surface area contributed by atoms with Gasteiger partial charge in [-0.2, -0.15) is 5.26 Å². The van der Waals surface area contributed by atoms with Gasteiger partial charge < -0.3 is 15.4 Å². The molecule has 0 spiro atoms. The van der Waals surface area contributed by atoms with Gasteiger partial charge >= 0.3 is 0 Å². The number of benzene rings is 2. The molecule has 7 heteroatoms. The Balaban J connectivity index is 1.73. The van der Waals surface area contributed by atoms with Crippen LogP contribution in [0.1, 0.15) is 18.4 Å². The van der Waals surface area contributed by atoms with Crippen molar-refractivity contribution in [3.05, 3.63) is 53.1 Å². The van der Waals surface area contributed by atoms with Crippen LogP contribution >= 0.6 is 11.6 Å². The summed E-state index contributed by atoms with van der Waals surface area (Å²) < 4.78 is 5.21. The maximum atomic E-state index is 12.7. The van der Waals surface area contributed by atoms with E-state index in [1.165, 1.54) is 7.11 Å². The third-order valence-corrected chi connectivity index (χ3v) is 4.54. The predicted molar refractivity (Wildman–Crippen MR) is 98.1 cm³/mol. The standard InChI is InChI=1S/C19H16ClN3O3/c1-26-16-7-4-13(20)10-15(16)23-18(25)19(8-9-19)17(24)22-14-5-2-12(11-21)3-6-14/h2-7,10H,8-9H2,1H3,(H,22,24)(H,23,25). The van der Waals surface area contributed by atoms with Crippen molar-refractivity contribution in [3.8, 4) is 11.8 Å². The van der Waals surface area contributed by atoms with Gasteiger partial charge in [0.1, 0.15) is 11.2 Å². The number of hydrogen-bond acceptors (Lipinski definition) is 4. The van der Waals surface area contributed by atoms with Crippen LogP contribution in [-0.4, -0.2) is 18.9 Å². The molecule has 0 saturated heterocycles. The van der Waals surface area contributed by atoms with Crippen molar-refractivity contribution in [2.45, 2.75) is 12.8 Å². The lowest BCUT2D eigenvalue weighted by Gasteiger charge is -2.17. The van der Waals surface area contributed by atoms with E-state index in [9.17, 15) is 9.59 Å². The average molecular weight is 370 g/mol. The third-order valence-electron chi connectivity index (χ3n) is 4.30. The van der Waals surface area contributed by atoms with E-state index in [1.807, 2.05) is 6.07 Å². The largest absolute Gasteiger partial charge is 0.495 e. The predicted octanol–water partition coefficient (Wildman–Crippen LogP) is 3.58. The zero-order valence-corrected chi connectivity index (χ0v) is 14.8. The fourth-order valence-corrected chi connectivity index (χ4v) is 2.75. The number of nitriles is 1. The highest BCUT2D eigenvalue weighted by molar-refractivity contribution is 6.31. The van der Waals surface area contributed by atoms with Crippen LogP contribution in [0.15, 0.2) is 42.5 Å². The van der Waals surface area contributed by atoms with Crippen molar-refractivity contribution < 1.29 is 14.3 Å². The van der Waals surface area contributed by atoms with E-state index in [2.05, 4.69) is 10.6 Å². The van der Waals surface area contributed by atoms with Crippen molar-refractivity contribution in [2.75, 3.05) is 17.7 Å². The van der Waals surface area contributed by atoms with E-state index in [0.717, 1.165) is 0 Å². The zero-order chi connectivity index (χ0) is 18.7. The van der Waals surface area contributed by atoms with E-state index in [-0.39, 0.29) is 5.91 Å². The minimum absolute atomic E-state index is 0.374. The van der Waals surface area contributed by atoms with E-state index in [4.69, 9.17) is 21.6 Å². The number of nitrogens with one attached hydrogen (secondary N) is 2. The summed E-state index contributed by atoms with van der Waals surface area (Å²) in [5.41, 5.74) is 0.340. The zero-order valence-electron chi connectivity index (χ0n) is 14.0. The lowest BCUT2D eigenvalue weighted by atomic mass is 10.0. The molecule has 0 atom stereocenters. The number of hydrogen-bond donors (Lipinski definition) is 2. The van der Waals surface area contributed by atoms with Crippen LogP contribution in [0.25, 0.3) is 0 Å². The molecule has 0 aromatic heterocycles. The molecule has 1 aliphatic carbocycles. The second kappa shape index (κ2) is 7.06. The minimum Gasteiger partial charge on any atom is -0.495 e. The van der Waals surface area contributed by atoms with Crippen LogP contribution in [0, 0.1) is 16.7 Å². The fourth-order valence-electron chi connectivity index (χ4n) is 2.58. The Kier molecular flexibility index (Phi) is 4.83. The maximum absolute atomic E-state index is 12.7. The summed E-state index contributed by atoms with van der Waals surface area (Å²) in [4.78, 5) is 25.3. The van der Waals surface area contributed by atoms with Gasteiger partial charge in [0.05, 0.1) is 24.4 Å². The van der Waals surface area contributed by atoms with Gasteiger partial charge in [-0.25, -0.2) is 0 Å². The van der Waals surface area contributed by atoms with Gasteiger partial charge in [0.15, 0.2) is 0 Å². The van der Waals surface area contributed by atoms with Gasteiger partial charge in [0.25, 0.3) is 0 Å². The second-order valence-electron chi connectivity index (χ2n) is 6.02. The molecule has 0 heterocycles. The summed E-state index contributed by atoms with van der Waals surface area (Å²) >= 11 is 5.97. The number of nitrogens with zero attached hydrogens (tertiary/aromatic N) is 1. The number of ether oxygens (including phenoxy) is 1. The molecule has 26 heavy (non-hydrogen) atoms. The highest BCUT2D eigenvalue weighted by Gasteiger charge is 2.56. The van der Waals surface area contributed by atoms with E-state index >= 15 is 0 Å². The van der Waals surface area contributed by atoms with Crippen LogP contribution in [0.4, 0.5) is 11.4 Å². The van der Waals surface area contributed by atoms with Gasteiger partial charge in [0.2, 0.25) is 11.8 Å². The number of carbonyl (C=O) groups excluding carboxylic acids is 2. The topological polar surface area (TPSA) is 91.2 Å². The Hall–Kier alpha value is -3.04. The first-order valence-corrected chi connectivity index (χ1v) is 8.33. The van der Waals surface area contributed by atoms with E-state index in [0.29, 0.717) is 40.6 Å². The second-order valence-corrected chi connectivity index (χ2v) is 6.46. The maximum Gasteiger partial charge on any atom is 0.240 e. The van der Waals surface area contributed by atoms with Crippen LogP contribution < -0.4 is 15.4 Å². The fraction of sp³-hybridized carbons (Fsp3) is 0.211. The molecule has 2 N–H and O–H groups in total. The molecule has 3 rings (SSSR count). The highest BCUT2D eigenvalue weighted by Crippen LogP contribution is 2.48. The Morgan fingerprint density at radius 2 is 1.77 bits per heavy atom. The number of amides is 2. The molecule has 2 aromatic carbocycles. The molecule has 0 aliphatic heterocycles. The summed E-state index contributed by atoms with van der Waals surface area (Å²) in [7, 11) is 1.49. The van der Waals surface area contributed by atoms with Crippen molar-refractivity contribution in [1.29, 1.82) is 5.26 Å². The molecule has 2 aromatic rings. The molecule has 1 fully saturated rings. The van der Waals surface area contributed by atoms with E-state index in [1.54, 1.807) is 42.5 Å². The average Bonchev–Trinajstić information content (AvgIpc) is 3.45. The number of halogens is 1. The molecule has 0 radical (unpaired) electrons. The smallest absolute Gasteiger partial charge is 0.240 e. The van der Waals surface area contributed by atoms with Gasteiger partial charge in [-0.3, -0.25) is 9.59 Å². The number of rotatable bonds is 5. The van der Waals surface area contributed by atoms with E-state index < -0.39 is 11.3 Å². The quantitative estimate of drug-likeness (QED) is 0.788. The minimum atomic E-state index is -1.11. The van der Waals surface area contributed by atoms with Crippen molar-refractivity contribution >= 4 is 34.8 Å². The first-order valence-electron chi connectivity index (χ1n) is 7.95. The number of carbonyl (C=O) groups is 2. The summed E-state index contributed by atoms with van der Waals surface area (Å²) in [6.07, 6.45) is 0.924. The molecule has 2 amide bonds. The van der Waals surface area contributed by atoms with Gasteiger partial charge in [-0.05, 0) is 55.3 Å². The lowest BCUT2D eigenvalue weighted by Crippen LogP contribution is -2.35. The van der Waals surface area contributed by atoms with Crippen molar-refractivity contribution in [1.82, 2.24) is 0 Å². The SMILES string of the molecule is COc1ccc(Cl)cc1NC(=O)C1(C(=O)Nc2ccc(C#N)cc2)CC1. The van der Waals surface area contributed by atoms with Gasteiger partial charge in [0, 0.05) is 10.7 Å². The van der Waals surface area contributed by atoms with Crippen LogP contribution in [0.2, 0.25) is 5.02 Å². The van der Waals surface area contributed by atoms with Gasteiger partial charge in [-0.15, -0.1) is 0 Å². The highest BCUT2D eigenvalue weighted by atomic mass is 35.5. The lowest BCUT2D eigenvalue weighted by molar-refractivity contribution is -0.131. The molecule has 0 unspecified atom stereocenters. The number of anilines is 2. The Labute approximate surface area is 155 Å². The summed E-state index contributed by atoms with van der Waals surface area (Å²) in [6.45, 7) is 0. The van der Waals surface area contributed by atoms with Crippen LogP contribution in [0.3, 0.4) is 0 Å². The Morgan fingerprint density at radius 1 is 1.12 bits per heavy atom. The molecule has 1 aliphatic rings. The normalized spacial score (nSPS) is 14.0. The van der Waals surface area contributed by atoms with Gasteiger partial charge in [-0.1, -0.05) is 11.6 Å². The first kappa shape index (κ1) is 17.8. The summed E-state index contributed by atoms with van der Waals surface area (Å²) in [6, 6.07) is 13.4. The van der Waals surface area contributed by atoms with Crippen molar-refractivity contribution in [2.24, 2.45) is 5.41 Å². The van der Waals surface area contributed by atoms with Crippen molar-refractivity contribution in [3.63, 3.8) is 0 Å². The van der Waals surface area contributed by atoms with Crippen LogP contribution in [0.5, 0.6) is 5.75 Å². The molecular weight excluding hydrogens is 354 g/mol. The molecular formula is C19H16ClN3O3. The third kappa shape index (κ3) is 3.48. The monoisotopic (exact) mass is 369 g/mol. The first-order chi connectivity index (χ1) is 12.5. The number of methoxy groups -OCH3 is 1. The summed E-state index contributed by atoms with van der Waals surface area (Å²) in [5.74, 6) is -0.309. The molecule has 132 valence electrons. The Bertz CT molecular complexity index is 899. The van der Waals surface area contributed by atoms with Crippen LogP contribution in [-0.2, 0) is 9.59 Å². The summed E-state index contributed by atoms with van der Waals surface area (Å²) in [5, 5.41) is 14.7. The molecule has 6 nitrogen and oxygen atoms in total.